The van der Waals surface area contributed by atoms with Crippen LogP contribution in [0.15, 0.2) is 24.3 Å². The Bertz CT molecular complexity index is 350. The number of rotatable bonds is 2. The van der Waals surface area contributed by atoms with E-state index in [1.54, 1.807) is 0 Å². The van der Waals surface area contributed by atoms with Crippen molar-refractivity contribution in [2.75, 3.05) is 0 Å². The molecule has 1 rings (SSSR count). The number of hydrogen-bond acceptors (Lipinski definition) is 5. The van der Waals surface area contributed by atoms with Gasteiger partial charge in [0.1, 0.15) is 5.75 Å². The van der Waals surface area contributed by atoms with Crippen LogP contribution >= 0.6 is 0 Å². The Morgan fingerprint density at radius 3 is 2.36 bits per heavy atom. The van der Waals surface area contributed by atoms with Crippen LogP contribution in [0.3, 0.4) is 0 Å². The van der Waals surface area contributed by atoms with Crippen molar-refractivity contribution >= 4 is 19.9 Å². The Hall–Kier alpha value is -2.05. The lowest BCUT2D eigenvalue weighted by molar-refractivity contribution is -0.384. The lowest BCUT2D eigenvalue weighted by atomic mass is 10.3. The first-order valence-electron chi connectivity index (χ1n) is 3.63. The Morgan fingerprint density at radius 1 is 1.36 bits per heavy atom. The van der Waals surface area contributed by atoms with E-state index in [1.165, 1.54) is 32.3 Å². The molecule has 1 aromatic carbocycles. The number of nitro groups is 1. The van der Waals surface area contributed by atoms with Crippen LogP contribution in [-0.4, -0.2) is 19.1 Å². The van der Waals surface area contributed by atoms with Gasteiger partial charge in [0.15, 0.2) is 0 Å². The molecule has 0 aliphatic rings. The van der Waals surface area contributed by atoms with Gasteiger partial charge in [-0.15, -0.1) is 0 Å². The third kappa shape index (κ3) is 2.48. The summed E-state index contributed by atoms with van der Waals surface area (Å²) >= 11 is 0. The monoisotopic (exact) mass is 195 g/mol. The predicted molar refractivity (Wildman–Crippen MR) is 48.7 cm³/mol. The van der Waals surface area contributed by atoms with Crippen LogP contribution in [0.25, 0.3) is 0 Å². The average molecular weight is 195 g/mol. The first-order valence-corrected chi connectivity index (χ1v) is 3.63. The summed E-state index contributed by atoms with van der Waals surface area (Å²) in [6.07, 6.45) is -0.862. The minimum atomic E-state index is -0.862. The third-order valence-electron chi connectivity index (χ3n) is 1.42. The van der Waals surface area contributed by atoms with Gasteiger partial charge < -0.3 is 9.39 Å². The fourth-order valence-corrected chi connectivity index (χ4v) is 0.774. The minimum absolute atomic E-state index is 0.0674. The molecule has 0 aliphatic heterocycles. The zero-order valence-electron chi connectivity index (χ0n) is 7.30. The van der Waals surface area contributed by atoms with Gasteiger partial charge in [0.05, 0.1) is 4.92 Å². The first kappa shape index (κ1) is 10.0. The first-order chi connectivity index (χ1) is 6.63. The van der Waals surface area contributed by atoms with Crippen molar-refractivity contribution in [3.8, 4) is 5.75 Å². The highest BCUT2D eigenvalue weighted by Crippen LogP contribution is 2.17. The number of carbonyl (C=O) groups is 1. The van der Waals surface area contributed by atoms with Crippen LogP contribution in [0.1, 0.15) is 0 Å². The second-order valence-corrected chi connectivity index (χ2v) is 2.31. The number of carbonyl (C=O) groups excluding carboxylic acids is 1. The summed E-state index contributed by atoms with van der Waals surface area (Å²) in [6, 6.07) is 5.10. The second kappa shape index (κ2) is 4.26. The summed E-state index contributed by atoms with van der Waals surface area (Å²) in [5.74, 6) is 0.197. The molecule has 0 aliphatic carbocycles. The quantitative estimate of drug-likeness (QED) is 0.227. The number of benzene rings is 1. The fourth-order valence-electron chi connectivity index (χ4n) is 0.774. The summed E-state index contributed by atoms with van der Waals surface area (Å²) in [7, 11) is 1.17. The highest BCUT2D eigenvalue weighted by molar-refractivity contribution is 6.04. The number of hydrogen-bond donors (Lipinski definition) is 0. The number of nitro benzene ring substituents is 1. The lowest BCUT2D eigenvalue weighted by Gasteiger charge is -2.01. The molecule has 0 bridgehead atoms. The van der Waals surface area contributed by atoms with Crippen molar-refractivity contribution in [1.82, 2.24) is 0 Å². The number of non-ortho nitro benzene ring substituents is 1. The molecular weight excluding hydrogens is 189 g/mol. The molecule has 0 fully saturated rings. The summed E-state index contributed by atoms with van der Waals surface area (Å²) in [4.78, 5) is 20.3. The molecule has 14 heavy (non-hydrogen) atoms. The van der Waals surface area contributed by atoms with Gasteiger partial charge in [0.2, 0.25) is 0 Å². The van der Waals surface area contributed by atoms with Crippen LogP contribution in [0.2, 0.25) is 0 Å². The van der Waals surface area contributed by atoms with Gasteiger partial charge in [-0.25, -0.2) is 4.79 Å². The van der Waals surface area contributed by atoms with Gasteiger partial charge in [-0.1, -0.05) is 0 Å². The van der Waals surface area contributed by atoms with Crippen LogP contribution in [0, 0.1) is 10.1 Å². The zero-order valence-corrected chi connectivity index (χ0v) is 7.30. The molecule has 0 heterocycles. The van der Waals surface area contributed by atoms with Gasteiger partial charge in [-0.3, -0.25) is 10.1 Å². The van der Waals surface area contributed by atoms with E-state index in [-0.39, 0.29) is 11.4 Å². The van der Waals surface area contributed by atoms with E-state index in [0.717, 1.165) is 0 Å². The minimum Gasteiger partial charge on any atom is -0.513 e. The molecule has 0 atom stereocenters. The van der Waals surface area contributed by atoms with Crippen LogP contribution in [0.5, 0.6) is 5.75 Å². The molecule has 0 spiro atoms. The molecule has 0 N–H and O–H groups in total. The van der Waals surface area contributed by atoms with Crippen LogP contribution < -0.4 is 4.74 Å². The molecular formula is C7H6BNO5. The molecule has 6 nitrogen and oxygen atoms in total. The Balaban J connectivity index is 2.73. The van der Waals surface area contributed by atoms with E-state index < -0.39 is 11.1 Å². The summed E-state index contributed by atoms with van der Waals surface area (Å²) in [5, 5.41) is 10.3. The van der Waals surface area contributed by atoms with Crippen LogP contribution in [-0.2, 0) is 4.65 Å². The molecule has 0 aromatic heterocycles. The maximum Gasteiger partial charge on any atom is 0.495 e. The van der Waals surface area contributed by atoms with Crippen molar-refractivity contribution in [1.29, 1.82) is 0 Å². The standard InChI is InChI=1S/C7H6BNO5/c8-14-7(10)13-6-3-1-5(2-4-6)9(11)12/h1-4H,8H2. The van der Waals surface area contributed by atoms with Crippen molar-refractivity contribution in [2.24, 2.45) is 0 Å². The van der Waals surface area contributed by atoms with E-state index in [0.29, 0.717) is 0 Å². The maximum atomic E-state index is 10.6. The third-order valence-corrected chi connectivity index (χ3v) is 1.42. The predicted octanol–water partition coefficient (Wildman–Crippen LogP) is 0.658. The van der Waals surface area contributed by atoms with Crippen LogP contribution in [0.4, 0.5) is 10.5 Å². The van der Waals surface area contributed by atoms with Gasteiger partial charge in [-0.05, 0) is 12.1 Å². The van der Waals surface area contributed by atoms with Gasteiger partial charge in [0, 0.05) is 12.1 Å². The average Bonchev–Trinajstić information content (AvgIpc) is 2.18. The molecule has 0 radical (unpaired) electrons. The van der Waals surface area contributed by atoms with E-state index in [9.17, 15) is 14.9 Å². The van der Waals surface area contributed by atoms with Crippen molar-refractivity contribution in [3.05, 3.63) is 34.4 Å². The summed E-state index contributed by atoms with van der Waals surface area (Å²) < 4.78 is 8.85. The zero-order chi connectivity index (χ0) is 10.6. The Morgan fingerprint density at radius 2 is 1.93 bits per heavy atom. The maximum absolute atomic E-state index is 10.6. The van der Waals surface area contributed by atoms with Gasteiger partial charge in [0.25, 0.3) is 5.69 Å². The molecule has 7 heteroatoms. The van der Waals surface area contributed by atoms with Crippen molar-refractivity contribution < 1.29 is 19.1 Å². The van der Waals surface area contributed by atoms with E-state index in [1.807, 2.05) is 0 Å². The summed E-state index contributed by atoms with van der Waals surface area (Å²) in [6.45, 7) is 0. The molecule has 0 saturated heterocycles. The molecule has 0 saturated carbocycles. The van der Waals surface area contributed by atoms with E-state index in [4.69, 9.17) is 0 Å². The molecule has 0 unspecified atom stereocenters. The normalized spacial score (nSPS) is 9.14. The van der Waals surface area contributed by atoms with Gasteiger partial charge in [-0.2, -0.15) is 0 Å². The Kier molecular flexibility index (Phi) is 3.06. The van der Waals surface area contributed by atoms with Gasteiger partial charge >= 0.3 is 14.2 Å². The lowest BCUT2D eigenvalue weighted by Crippen LogP contribution is -2.07. The van der Waals surface area contributed by atoms with E-state index in [2.05, 4.69) is 9.39 Å². The largest absolute Gasteiger partial charge is 0.513 e. The second-order valence-electron chi connectivity index (χ2n) is 2.31. The smallest absolute Gasteiger partial charge is 0.495 e. The highest BCUT2D eigenvalue weighted by atomic mass is 16.7. The number of nitrogens with zero attached hydrogens (tertiary/aromatic N) is 1. The highest BCUT2D eigenvalue weighted by Gasteiger charge is 2.06. The molecule has 1 aromatic rings. The Labute approximate surface area is 80.0 Å². The SMILES string of the molecule is BOC(=O)Oc1ccc([N+](=O)[O-])cc1. The van der Waals surface area contributed by atoms with Crippen molar-refractivity contribution in [3.63, 3.8) is 0 Å². The van der Waals surface area contributed by atoms with E-state index >= 15 is 0 Å². The molecule has 0 amide bonds. The number of ether oxygens (including phenoxy) is 1. The molecule has 72 valence electrons. The summed E-state index contributed by atoms with van der Waals surface area (Å²) in [5.41, 5.74) is -0.0674. The fraction of sp³-hybridized carbons (Fsp3) is 0. The van der Waals surface area contributed by atoms with Crippen molar-refractivity contribution in [2.45, 2.75) is 0 Å². The topological polar surface area (TPSA) is 78.7 Å².